The first-order chi connectivity index (χ1) is 15.3. The molecule has 0 aliphatic rings. The SMILES string of the molecule is CC(=O)NC(CO)(CO)CCc1ccc(Sc2ccc(-c3coc(C(C)C)n3)cc2)cc1. The van der Waals surface area contributed by atoms with Crippen LogP contribution in [0.2, 0.25) is 0 Å². The van der Waals surface area contributed by atoms with Crippen molar-refractivity contribution in [1.29, 1.82) is 0 Å². The molecular weight excluding hydrogens is 424 g/mol. The Labute approximate surface area is 193 Å². The van der Waals surface area contributed by atoms with E-state index in [9.17, 15) is 15.0 Å². The summed E-state index contributed by atoms with van der Waals surface area (Å²) in [5.74, 6) is 0.733. The highest BCUT2D eigenvalue weighted by Crippen LogP contribution is 2.30. The number of carbonyl (C=O) groups excluding carboxylic acids is 1. The van der Waals surface area contributed by atoms with Gasteiger partial charge in [-0.2, -0.15) is 0 Å². The van der Waals surface area contributed by atoms with Gasteiger partial charge in [0.15, 0.2) is 5.89 Å². The number of rotatable bonds is 10. The highest BCUT2D eigenvalue weighted by atomic mass is 32.2. The summed E-state index contributed by atoms with van der Waals surface area (Å²) in [4.78, 5) is 18.2. The van der Waals surface area contributed by atoms with E-state index in [1.807, 2.05) is 24.3 Å². The summed E-state index contributed by atoms with van der Waals surface area (Å²) in [6.07, 6.45) is 2.79. The summed E-state index contributed by atoms with van der Waals surface area (Å²) >= 11 is 1.67. The van der Waals surface area contributed by atoms with Crippen LogP contribution < -0.4 is 5.32 Å². The van der Waals surface area contributed by atoms with Crippen molar-refractivity contribution >= 4 is 17.7 Å². The minimum absolute atomic E-state index is 0.260. The van der Waals surface area contributed by atoms with Crippen molar-refractivity contribution in [2.24, 2.45) is 0 Å². The Bertz CT molecular complexity index is 1010. The van der Waals surface area contributed by atoms with E-state index in [4.69, 9.17) is 4.42 Å². The van der Waals surface area contributed by atoms with Crippen LogP contribution in [0, 0.1) is 0 Å². The van der Waals surface area contributed by atoms with Crippen LogP contribution in [0.25, 0.3) is 11.3 Å². The van der Waals surface area contributed by atoms with Gasteiger partial charge in [-0.05, 0) is 42.7 Å². The lowest BCUT2D eigenvalue weighted by Gasteiger charge is -2.30. The van der Waals surface area contributed by atoms with E-state index in [2.05, 4.69) is 48.4 Å². The average Bonchev–Trinajstić information content (AvgIpc) is 3.29. The molecule has 3 N–H and O–H groups in total. The molecule has 0 radical (unpaired) electrons. The molecule has 7 heteroatoms. The monoisotopic (exact) mass is 454 g/mol. The van der Waals surface area contributed by atoms with Crippen molar-refractivity contribution in [3.63, 3.8) is 0 Å². The Balaban J connectivity index is 1.60. The number of aliphatic hydroxyl groups excluding tert-OH is 2. The standard InChI is InChI=1S/C25H30N2O4S/c1-17(2)24-26-23(14-31-24)20-6-10-22(11-7-20)32-21-8-4-19(5-9-21)12-13-25(15-28,16-29)27-18(3)30/h4-11,14,17,28-29H,12-13,15-16H2,1-3H3,(H,27,30). The molecule has 0 unspecified atom stereocenters. The van der Waals surface area contributed by atoms with Crippen LogP contribution in [-0.4, -0.2) is 39.9 Å². The van der Waals surface area contributed by atoms with Gasteiger partial charge < -0.3 is 19.9 Å². The number of hydrogen-bond acceptors (Lipinski definition) is 6. The number of hydrogen-bond donors (Lipinski definition) is 3. The molecule has 32 heavy (non-hydrogen) atoms. The lowest BCUT2D eigenvalue weighted by atomic mass is 9.92. The van der Waals surface area contributed by atoms with Gasteiger partial charge >= 0.3 is 0 Å². The zero-order valence-corrected chi connectivity index (χ0v) is 19.5. The molecule has 1 aromatic heterocycles. The van der Waals surface area contributed by atoms with E-state index in [-0.39, 0.29) is 25.0 Å². The molecule has 1 amide bonds. The first-order valence-electron chi connectivity index (χ1n) is 10.7. The molecular formula is C25H30N2O4S. The average molecular weight is 455 g/mol. The zero-order chi connectivity index (χ0) is 23.1. The van der Waals surface area contributed by atoms with E-state index in [1.165, 1.54) is 6.92 Å². The van der Waals surface area contributed by atoms with Crippen molar-refractivity contribution in [2.75, 3.05) is 13.2 Å². The third-order valence-corrected chi connectivity index (χ3v) is 6.28. The van der Waals surface area contributed by atoms with Crippen molar-refractivity contribution in [3.8, 4) is 11.3 Å². The highest BCUT2D eigenvalue weighted by Gasteiger charge is 2.29. The highest BCUT2D eigenvalue weighted by molar-refractivity contribution is 7.99. The Morgan fingerprint density at radius 3 is 2.16 bits per heavy atom. The number of amides is 1. The number of aliphatic hydroxyl groups is 2. The number of oxazole rings is 1. The predicted octanol–water partition coefficient (Wildman–Crippen LogP) is 4.41. The van der Waals surface area contributed by atoms with Gasteiger partial charge in [-0.3, -0.25) is 4.79 Å². The summed E-state index contributed by atoms with van der Waals surface area (Å²) in [6, 6.07) is 16.4. The third kappa shape index (κ3) is 6.22. The fourth-order valence-electron chi connectivity index (χ4n) is 3.35. The van der Waals surface area contributed by atoms with Crippen LogP contribution in [0.5, 0.6) is 0 Å². The normalized spacial score (nSPS) is 11.7. The van der Waals surface area contributed by atoms with Crippen LogP contribution in [0.15, 0.2) is 69.0 Å². The van der Waals surface area contributed by atoms with Crippen molar-refractivity contribution in [1.82, 2.24) is 10.3 Å². The predicted molar refractivity (Wildman–Crippen MR) is 126 cm³/mol. The Morgan fingerprint density at radius 2 is 1.66 bits per heavy atom. The van der Waals surface area contributed by atoms with Gasteiger partial charge in [0.2, 0.25) is 5.91 Å². The van der Waals surface area contributed by atoms with Crippen molar-refractivity contribution < 1.29 is 19.4 Å². The Hall–Kier alpha value is -2.61. The van der Waals surface area contributed by atoms with Gasteiger partial charge in [0.25, 0.3) is 0 Å². The molecule has 170 valence electrons. The molecule has 2 aromatic carbocycles. The van der Waals surface area contributed by atoms with E-state index in [1.54, 1.807) is 18.0 Å². The molecule has 0 spiro atoms. The van der Waals surface area contributed by atoms with Gasteiger partial charge in [0.05, 0.1) is 18.8 Å². The molecule has 0 aliphatic heterocycles. The van der Waals surface area contributed by atoms with Gasteiger partial charge in [-0.1, -0.05) is 49.9 Å². The van der Waals surface area contributed by atoms with Gasteiger partial charge in [-0.15, -0.1) is 0 Å². The number of carbonyl (C=O) groups is 1. The number of aryl methyl sites for hydroxylation is 1. The number of aromatic nitrogens is 1. The summed E-state index contributed by atoms with van der Waals surface area (Å²) in [6.45, 7) is 4.88. The van der Waals surface area contributed by atoms with Crippen LogP contribution in [0.4, 0.5) is 0 Å². The van der Waals surface area contributed by atoms with E-state index < -0.39 is 5.54 Å². The van der Waals surface area contributed by atoms with Crippen LogP contribution in [0.3, 0.4) is 0 Å². The molecule has 3 aromatic rings. The zero-order valence-electron chi connectivity index (χ0n) is 18.7. The fourth-order valence-corrected chi connectivity index (χ4v) is 4.16. The minimum atomic E-state index is -0.999. The first-order valence-corrected chi connectivity index (χ1v) is 11.5. The van der Waals surface area contributed by atoms with Crippen LogP contribution in [-0.2, 0) is 11.2 Å². The first kappa shape index (κ1) is 24.0. The van der Waals surface area contributed by atoms with Crippen molar-refractivity contribution in [3.05, 3.63) is 66.2 Å². The van der Waals surface area contributed by atoms with E-state index in [0.29, 0.717) is 12.8 Å². The number of benzene rings is 2. The molecule has 0 bridgehead atoms. The number of nitrogens with one attached hydrogen (secondary N) is 1. The third-order valence-electron chi connectivity index (χ3n) is 5.26. The maximum atomic E-state index is 11.4. The summed E-state index contributed by atoms with van der Waals surface area (Å²) < 4.78 is 5.53. The lowest BCUT2D eigenvalue weighted by Crippen LogP contribution is -2.53. The molecule has 0 fully saturated rings. The molecule has 6 nitrogen and oxygen atoms in total. The van der Waals surface area contributed by atoms with Gasteiger partial charge in [0.1, 0.15) is 12.0 Å². The summed E-state index contributed by atoms with van der Waals surface area (Å²) in [5.41, 5.74) is 1.95. The fraction of sp³-hybridized carbons (Fsp3) is 0.360. The lowest BCUT2D eigenvalue weighted by molar-refractivity contribution is -0.122. The van der Waals surface area contributed by atoms with Crippen LogP contribution >= 0.6 is 11.8 Å². The summed E-state index contributed by atoms with van der Waals surface area (Å²) in [7, 11) is 0. The van der Waals surface area contributed by atoms with Crippen LogP contribution in [0.1, 0.15) is 44.6 Å². The van der Waals surface area contributed by atoms with Gasteiger partial charge in [0, 0.05) is 28.2 Å². The topological polar surface area (TPSA) is 95.6 Å². The van der Waals surface area contributed by atoms with E-state index >= 15 is 0 Å². The second kappa shape index (κ2) is 10.8. The Kier molecular flexibility index (Phi) is 8.12. The smallest absolute Gasteiger partial charge is 0.217 e. The Morgan fingerprint density at radius 1 is 1.06 bits per heavy atom. The molecule has 0 atom stereocenters. The number of nitrogens with zero attached hydrogens (tertiary/aromatic N) is 1. The maximum Gasteiger partial charge on any atom is 0.217 e. The molecule has 0 aliphatic carbocycles. The second-order valence-corrected chi connectivity index (χ2v) is 9.42. The summed E-state index contributed by atoms with van der Waals surface area (Å²) in [5, 5.41) is 22.0. The second-order valence-electron chi connectivity index (χ2n) is 8.27. The molecule has 3 rings (SSSR count). The molecule has 0 saturated carbocycles. The maximum absolute atomic E-state index is 11.4. The van der Waals surface area contributed by atoms with Gasteiger partial charge in [-0.25, -0.2) is 4.98 Å². The van der Waals surface area contributed by atoms with Crippen molar-refractivity contribution in [2.45, 2.75) is 54.9 Å². The largest absolute Gasteiger partial charge is 0.448 e. The van der Waals surface area contributed by atoms with E-state index in [0.717, 1.165) is 32.5 Å². The molecule has 0 saturated heterocycles. The molecule has 1 heterocycles. The minimum Gasteiger partial charge on any atom is -0.448 e. The quantitative estimate of drug-likeness (QED) is 0.420.